The largest absolute Gasteiger partial charge is 0.236 e. The Balaban J connectivity index is 0.000000791. The minimum atomic E-state index is 0.494. The van der Waals surface area contributed by atoms with Gasteiger partial charge in [-0.3, -0.25) is 0 Å². The lowest BCUT2D eigenvalue weighted by Crippen LogP contribution is -1.90. The Morgan fingerprint density at radius 1 is 1.29 bits per heavy atom. The van der Waals surface area contributed by atoms with Crippen LogP contribution in [0.15, 0.2) is 19.2 Å². The van der Waals surface area contributed by atoms with Gasteiger partial charge in [0.2, 0.25) is 0 Å². The molecule has 1 aromatic heterocycles. The number of aromatic nitrogens is 1. The topological polar surface area (TPSA) is 12.9 Å². The van der Waals surface area contributed by atoms with E-state index in [0.29, 0.717) is 5.15 Å². The van der Waals surface area contributed by atoms with Crippen LogP contribution in [-0.2, 0) is 0 Å². The Hall–Kier alpha value is -1.08. The maximum atomic E-state index is 5.76. The van der Waals surface area contributed by atoms with Crippen LogP contribution in [0.5, 0.6) is 0 Å². The molecule has 14 heavy (non-hydrogen) atoms. The van der Waals surface area contributed by atoms with Crippen molar-refractivity contribution < 1.29 is 0 Å². The molecule has 0 saturated heterocycles. The molecule has 0 aromatic carbocycles. The molecular weight excluding hydrogens is 194 g/mol. The summed E-state index contributed by atoms with van der Waals surface area (Å²) in [6.07, 6.45) is 3.44. The SMILES string of the molecule is C=Cc1nc(Cl)cc(C)c1C=C.CC. The van der Waals surface area contributed by atoms with Gasteiger partial charge in [-0.2, -0.15) is 0 Å². The molecule has 0 aliphatic rings. The zero-order valence-corrected chi connectivity index (χ0v) is 9.73. The lowest BCUT2D eigenvalue weighted by molar-refractivity contribution is 1.24. The van der Waals surface area contributed by atoms with Crippen molar-refractivity contribution in [2.75, 3.05) is 0 Å². The van der Waals surface area contributed by atoms with Gasteiger partial charge in [0.1, 0.15) is 5.15 Å². The Kier molecular flexibility index (Phi) is 5.89. The molecule has 0 atom stereocenters. The summed E-state index contributed by atoms with van der Waals surface area (Å²) in [5.41, 5.74) is 2.85. The van der Waals surface area contributed by atoms with Crippen LogP contribution in [-0.4, -0.2) is 4.98 Å². The molecule has 0 spiro atoms. The van der Waals surface area contributed by atoms with E-state index in [1.54, 1.807) is 12.2 Å². The third-order valence-electron chi connectivity index (χ3n) is 1.66. The van der Waals surface area contributed by atoms with E-state index in [9.17, 15) is 0 Å². The number of halogens is 1. The molecule has 1 aromatic rings. The molecule has 1 rings (SSSR count). The average Bonchev–Trinajstić information content (AvgIpc) is 2.19. The van der Waals surface area contributed by atoms with Gasteiger partial charge in [0.25, 0.3) is 0 Å². The number of hydrogen-bond donors (Lipinski definition) is 0. The smallest absolute Gasteiger partial charge is 0.130 e. The fraction of sp³-hybridized carbons (Fsp3) is 0.250. The minimum absolute atomic E-state index is 0.494. The van der Waals surface area contributed by atoms with Gasteiger partial charge in [-0.15, -0.1) is 0 Å². The summed E-state index contributed by atoms with van der Waals surface area (Å²) in [6.45, 7) is 13.3. The Bertz CT molecular complexity index is 329. The fourth-order valence-electron chi connectivity index (χ4n) is 1.09. The predicted octanol–water partition coefficient (Wildman–Crippen LogP) is 4.36. The highest BCUT2D eigenvalue weighted by molar-refractivity contribution is 6.29. The summed E-state index contributed by atoms with van der Waals surface area (Å²) in [7, 11) is 0. The van der Waals surface area contributed by atoms with Gasteiger partial charge in [-0.05, 0) is 24.6 Å². The van der Waals surface area contributed by atoms with Gasteiger partial charge in [0.05, 0.1) is 5.69 Å². The van der Waals surface area contributed by atoms with Crippen LogP contribution in [0, 0.1) is 6.92 Å². The second kappa shape index (κ2) is 6.39. The first-order valence-corrected chi connectivity index (χ1v) is 4.99. The molecule has 0 aliphatic carbocycles. The minimum Gasteiger partial charge on any atom is -0.236 e. The second-order valence-electron chi connectivity index (χ2n) is 2.47. The molecule has 2 heteroatoms. The quantitative estimate of drug-likeness (QED) is 0.660. The zero-order chi connectivity index (χ0) is 11.1. The van der Waals surface area contributed by atoms with Crippen LogP contribution in [0.2, 0.25) is 5.15 Å². The lowest BCUT2D eigenvalue weighted by atomic mass is 10.1. The molecule has 1 nitrogen and oxygen atoms in total. The van der Waals surface area contributed by atoms with E-state index >= 15 is 0 Å². The van der Waals surface area contributed by atoms with Gasteiger partial charge in [-0.25, -0.2) is 4.98 Å². The van der Waals surface area contributed by atoms with Gasteiger partial charge < -0.3 is 0 Å². The normalized spacial score (nSPS) is 8.57. The van der Waals surface area contributed by atoms with Crippen LogP contribution < -0.4 is 0 Å². The highest BCUT2D eigenvalue weighted by Gasteiger charge is 2.02. The van der Waals surface area contributed by atoms with Crippen LogP contribution in [0.1, 0.15) is 30.7 Å². The first-order chi connectivity index (χ1) is 6.69. The van der Waals surface area contributed by atoms with E-state index in [4.69, 9.17) is 11.6 Å². The molecule has 76 valence electrons. The third kappa shape index (κ3) is 3.00. The van der Waals surface area contributed by atoms with Crippen molar-refractivity contribution in [2.45, 2.75) is 20.8 Å². The van der Waals surface area contributed by atoms with Gasteiger partial charge >= 0.3 is 0 Å². The molecule has 0 unspecified atom stereocenters. The van der Waals surface area contributed by atoms with Gasteiger partial charge in [0.15, 0.2) is 0 Å². The van der Waals surface area contributed by atoms with Crippen molar-refractivity contribution >= 4 is 23.8 Å². The van der Waals surface area contributed by atoms with E-state index < -0.39 is 0 Å². The summed E-state index contributed by atoms with van der Waals surface area (Å²) >= 11 is 5.76. The standard InChI is InChI=1S/C10H10ClN.C2H6/c1-4-8-7(3)6-10(11)12-9(8)5-2;1-2/h4-6H,1-2H2,3H3;1-2H3. The highest BCUT2D eigenvalue weighted by atomic mass is 35.5. The van der Waals surface area contributed by atoms with Crippen molar-refractivity contribution in [3.63, 3.8) is 0 Å². The van der Waals surface area contributed by atoms with Crippen molar-refractivity contribution in [1.82, 2.24) is 4.98 Å². The number of rotatable bonds is 2. The van der Waals surface area contributed by atoms with E-state index in [1.165, 1.54) is 0 Å². The third-order valence-corrected chi connectivity index (χ3v) is 1.85. The number of aryl methyl sites for hydroxylation is 1. The Morgan fingerprint density at radius 2 is 1.86 bits per heavy atom. The molecule has 1 heterocycles. The molecule has 0 radical (unpaired) electrons. The van der Waals surface area contributed by atoms with Crippen molar-refractivity contribution in [3.8, 4) is 0 Å². The Labute approximate surface area is 91.1 Å². The van der Waals surface area contributed by atoms with Crippen LogP contribution in [0.3, 0.4) is 0 Å². The van der Waals surface area contributed by atoms with Crippen LogP contribution >= 0.6 is 11.6 Å². The first-order valence-electron chi connectivity index (χ1n) is 4.61. The molecule has 0 bridgehead atoms. The molecular formula is C12H16ClN. The van der Waals surface area contributed by atoms with Crippen molar-refractivity contribution in [3.05, 3.63) is 41.2 Å². The van der Waals surface area contributed by atoms with E-state index in [0.717, 1.165) is 16.8 Å². The summed E-state index contributed by atoms with van der Waals surface area (Å²) in [4.78, 5) is 4.10. The highest BCUT2D eigenvalue weighted by Crippen LogP contribution is 2.18. The maximum Gasteiger partial charge on any atom is 0.130 e. The summed E-state index contributed by atoms with van der Waals surface area (Å²) < 4.78 is 0. The molecule has 0 N–H and O–H groups in total. The molecule has 0 amide bonds. The van der Waals surface area contributed by atoms with Crippen molar-refractivity contribution in [2.24, 2.45) is 0 Å². The number of pyridine rings is 1. The zero-order valence-electron chi connectivity index (χ0n) is 8.97. The lowest BCUT2D eigenvalue weighted by Gasteiger charge is -2.04. The van der Waals surface area contributed by atoms with Gasteiger partial charge in [-0.1, -0.05) is 44.7 Å². The monoisotopic (exact) mass is 209 g/mol. The second-order valence-corrected chi connectivity index (χ2v) is 2.86. The maximum absolute atomic E-state index is 5.76. The fourth-order valence-corrected chi connectivity index (χ4v) is 1.34. The van der Waals surface area contributed by atoms with Crippen molar-refractivity contribution in [1.29, 1.82) is 0 Å². The van der Waals surface area contributed by atoms with E-state index in [1.807, 2.05) is 26.8 Å². The Morgan fingerprint density at radius 3 is 2.29 bits per heavy atom. The molecule has 0 saturated carbocycles. The molecule has 0 aliphatic heterocycles. The average molecular weight is 210 g/mol. The van der Waals surface area contributed by atoms with E-state index in [2.05, 4.69) is 18.1 Å². The van der Waals surface area contributed by atoms with Crippen LogP contribution in [0.25, 0.3) is 12.2 Å². The van der Waals surface area contributed by atoms with Crippen LogP contribution in [0.4, 0.5) is 0 Å². The predicted molar refractivity (Wildman–Crippen MR) is 65.5 cm³/mol. The number of hydrogen-bond acceptors (Lipinski definition) is 1. The van der Waals surface area contributed by atoms with Gasteiger partial charge in [0, 0.05) is 5.56 Å². The summed E-state index contributed by atoms with van der Waals surface area (Å²) in [5, 5.41) is 0.494. The molecule has 0 fully saturated rings. The summed E-state index contributed by atoms with van der Waals surface area (Å²) in [5.74, 6) is 0. The van der Waals surface area contributed by atoms with E-state index in [-0.39, 0.29) is 0 Å². The first kappa shape index (κ1) is 12.9. The number of nitrogens with zero attached hydrogens (tertiary/aromatic N) is 1. The summed E-state index contributed by atoms with van der Waals surface area (Å²) in [6, 6.07) is 1.81.